The Hall–Kier alpha value is -5.43. The Labute approximate surface area is 269 Å². The number of hydrogen-bond donors (Lipinski definition) is 7. The van der Waals surface area contributed by atoms with Crippen molar-refractivity contribution >= 4 is 74.1 Å². The molecule has 17 nitrogen and oxygen atoms in total. The monoisotopic (exact) mass is 667 g/mol. The number of benzene rings is 1. The molecule has 1 unspecified atom stereocenters. The molecule has 0 saturated carbocycles. The zero-order valence-corrected chi connectivity index (χ0v) is 25.6. The van der Waals surface area contributed by atoms with Crippen LogP contribution in [0.15, 0.2) is 59.9 Å². The van der Waals surface area contributed by atoms with Crippen LogP contribution in [0.3, 0.4) is 0 Å². The van der Waals surface area contributed by atoms with Crippen molar-refractivity contribution in [3.8, 4) is 0 Å². The van der Waals surface area contributed by atoms with Gasteiger partial charge in [0.1, 0.15) is 17.7 Å². The van der Waals surface area contributed by atoms with Crippen LogP contribution in [0.2, 0.25) is 0 Å². The van der Waals surface area contributed by atoms with Crippen molar-refractivity contribution in [2.24, 2.45) is 0 Å². The summed E-state index contributed by atoms with van der Waals surface area (Å²) >= 11 is 0. The highest BCUT2D eigenvalue weighted by molar-refractivity contribution is 8.76. The fraction of sp³-hybridized carbons (Fsp3) is 0.222. The minimum absolute atomic E-state index is 0.000335. The van der Waals surface area contributed by atoms with Gasteiger partial charge >= 0.3 is 12.1 Å². The van der Waals surface area contributed by atoms with E-state index in [1.807, 2.05) is 18.2 Å². The van der Waals surface area contributed by atoms with Crippen LogP contribution >= 0.6 is 21.6 Å². The summed E-state index contributed by atoms with van der Waals surface area (Å²) in [4.78, 5) is 68.9. The highest BCUT2D eigenvalue weighted by atomic mass is 33.1. The van der Waals surface area contributed by atoms with Crippen molar-refractivity contribution in [1.82, 2.24) is 41.1 Å². The smallest absolute Gasteiger partial charge is 0.426 e. The Morgan fingerprint density at radius 1 is 0.978 bits per heavy atom. The normalized spacial score (nSPS) is 11.3. The van der Waals surface area contributed by atoms with Crippen LogP contribution in [0.25, 0.3) is 11.2 Å². The quantitative estimate of drug-likeness (QED) is 0.0573. The van der Waals surface area contributed by atoms with E-state index >= 15 is 0 Å². The summed E-state index contributed by atoms with van der Waals surface area (Å²) in [5.41, 5.74) is 17.7. The highest BCUT2D eigenvalue weighted by Gasteiger charge is 2.22. The Balaban J connectivity index is 1.16. The first-order valence-corrected chi connectivity index (χ1v) is 15.8. The van der Waals surface area contributed by atoms with E-state index in [0.717, 1.165) is 5.03 Å². The fourth-order valence-electron chi connectivity index (χ4n) is 3.66. The maximum Gasteiger partial charge on any atom is 0.426 e. The number of amides is 3. The molecular formula is C27H29N11O6S2. The first-order valence-electron chi connectivity index (χ1n) is 13.5. The average Bonchev–Trinajstić information content (AvgIpc) is 3.05. The average molecular weight is 668 g/mol. The van der Waals surface area contributed by atoms with Crippen LogP contribution in [-0.2, 0) is 20.9 Å². The van der Waals surface area contributed by atoms with Gasteiger partial charge in [0, 0.05) is 29.6 Å². The first kappa shape index (κ1) is 33.5. The molecular weight excluding hydrogens is 639 g/mol. The Bertz CT molecular complexity index is 1680. The molecule has 0 aliphatic rings. The highest BCUT2D eigenvalue weighted by Crippen LogP contribution is 2.28. The number of nitrogen functional groups attached to an aromatic ring is 2. The van der Waals surface area contributed by atoms with E-state index in [-0.39, 0.29) is 49.0 Å². The van der Waals surface area contributed by atoms with Gasteiger partial charge in [0.15, 0.2) is 17.0 Å². The Morgan fingerprint density at radius 3 is 2.52 bits per heavy atom. The molecule has 0 spiro atoms. The standard InChI is InChI=1S/C27H29N11O6S2/c28-22-21-23(36-26(29)35-22)32-14-17(33-21)13-31-16-6-4-15(5-7-16)24(40)34-18(25(41)42)8-9-19(39)37-38-27(43)44-11-12-45-46-20-3-1-2-10-30-20/h1-7,10,14,18,31H,8-9,11-13H2,(H,34,40)(H,37,39)(H,38,43)(H,41,42)(H4,28,29,32,35,36). The minimum Gasteiger partial charge on any atom is -0.480 e. The number of aliphatic carboxylic acids is 1. The van der Waals surface area contributed by atoms with E-state index in [9.17, 15) is 24.3 Å². The molecule has 3 aromatic heterocycles. The van der Waals surface area contributed by atoms with Gasteiger partial charge < -0.3 is 31.9 Å². The number of nitrogens with two attached hydrogens (primary N) is 2. The molecule has 0 fully saturated rings. The summed E-state index contributed by atoms with van der Waals surface area (Å²) in [5.74, 6) is -2.02. The molecule has 0 bridgehead atoms. The molecule has 3 amide bonds. The van der Waals surface area contributed by atoms with Crippen molar-refractivity contribution in [1.29, 1.82) is 0 Å². The number of aromatic nitrogens is 5. The van der Waals surface area contributed by atoms with E-state index in [1.54, 1.807) is 18.3 Å². The van der Waals surface area contributed by atoms with Gasteiger partial charge in [0.2, 0.25) is 11.9 Å². The molecule has 0 aliphatic heterocycles. The van der Waals surface area contributed by atoms with Gasteiger partial charge in [0.25, 0.3) is 5.91 Å². The second kappa shape index (κ2) is 16.6. The number of carboxylic acids is 1. The Morgan fingerprint density at radius 2 is 1.78 bits per heavy atom. The lowest BCUT2D eigenvalue weighted by Crippen LogP contribution is -2.44. The summed E-state index contributed by atoms with van der Waals surface area (Å²) in [5, 5.41) is 15.9. The van der Waals surface area contributed by atoms with Gasteiger partial charge in [-0.1, -0.05) is 16.9 Å². The molecule has 1 atom stereocenters. The molecule has 240 valence electrons. The molecule has 9 N–H and O–H groups in total. The van der Waals surface area contributed by atoms with Crippen LogP contribution in [0, 0.1) is 0 Å². The summed E-state index contributed by atoms with van der Waals surface area (Å²) in [6.07, 6.45) is 1.81. The van der Waals surface area contributed by atoms with Crippen LogP contribution in [-0.4, -0.2) is 72.3 Å². The number of ether oxygens (including phenoxy) is 1. The number of carboxylic acid groups (broad SMARTS) is 1. The number of carbonyl (C=O) groups excluding carboxylic acids is 3. The third kappa shape index (κ3) is 10.3. The Kier molecular flexibility index (Phi) is 12.1. The minimum atomic E-state index is -1.35. The van der Waals surface area contributed by atoms with E-state index in [4.69, 9.17) is 16.2 Å². The van der Waals surface area contributed by atoms with Gasteiger partial charge in [-0.05, 0) is 53.6 Å². The van der Waals surface area contributed by atoms with Gasteiger partial charge in [-0.3, -0.25) is 15.0 Å². The number of pyridine rings is 1. The third-order valence-electron chi connectivity index (χ3n) is 5.87. The molecule has 4 aromatic rings. The van der Waals surface area contributed by atoms with Crippen molar-refractivity contribution < 1.29 is 29.0 Å². The second-order valence-corrected chi connectivity index (χ2v) is 11.7. The van der Waals surface area contributed by atoms with Gasteiger partial charge in [-0.2, -0.15) is 9.97 Å². The maximum atomic E-state index is 12.7. The molecule has 46 heavy (non-hydrogen) atoms. The van der Waals surface area contributed by atoms with Crippen LogP contribution in [0.5, 0.6) is 0 Å². The van der Waals surface area contributed by atoms with Crippen molar-refractivity contribution in [3.05, 3.63) is 66.1 Å². The SMILES string of the molecule is Nc1nc(N)c2nc(CNc3ccc(C(=O)NC(CCC(=O)NNC(=O)OCCSSc4ccccn4)C(=O)O)cc3)cnc2n1. The van der Waals surface area contributed by atoms with E-state index < -0.39 is 29.9 Å². The summed E-state index contributed by atoms with van der Waals surface area (Å²) in [7, 11) is 2.88. The molecule has 0 saturated heterocycles. The third-order valence-corrected chi connectivity index (χ3v) is 8.10. The van der Waals surface area contributed by atoms with E-state index in [1.165, 1.54) is 39.9 Å². The van der Waals surface area contributed by atoms with Gasteiger partial charge in [-0.25, -0.2) is 30.0 Å². The summed E-state index contributed by atoms with van der Waals surface area (Å²) in [6, 6.07) is 10.5. The van der Waals surface area contributed by atoms with Crippen LogP contribution in [0.4, 0.5) is 22.2 Å². The predicted molar refractivity (Wildman–Crippen MR) is 171 cm³/mol. The van der Waals surface area contributed by atoms with Crippen molar-refractivity contribution in [3.63, 3.8) is 0 Å². The lowest BCUT2D eigenvalue weighted by molar-refractivity contribution is -0.139. The first-order chi connectivity index (χ1) is 22.2. The number of fused-ring (bicyclic) bond motifs is 1. The fourth-order valence-corrected chi connectivity index (χ4v) is 5.37. The topological polar surface area (TPSA) is 262 Å². The maximum absolute atomic E-state index is 12.7. The number of hydrazine groups is 1. The van der Waals surface area contributed by atoms with Crippen molar-refractivity contribution in [2.75, 3.05) is 29.1 Å². The van der Waals surface area contributed by atoms with Gasteiger partial charge in [0.05, 0.1) is 18.4 Å². The zero-order valence-electron chi connectivity index (χ0n) is 24.0. The van der Waals surface area contributed by atoms with E-state index in [0.29, 0.717) is 22.7 Å². The number of rotatable bonds is 14. The van der Waals surface area contributed by atoms with Crippen LogP contribution in [0.1, 0.15) is 28.9 Å². The largest absolute Gasteiger partial charge is 0.480 e. The second-order valence-electron chi connectivity index (χ2n) is 9.22. The van der Waals surface area contributed by atoms with E-state index in [2.05, 4.69) is 46.4 Å². The predicted octanol–water partition coefficient (Wildman–Crippen LogP) is 1.75. The van der Waals surface area contributed by atoms with Crippen molar-refractivity contribution in [2.45, 2.75) is 30.5 Å². The molecule has 0 aliphatic carbocycles. The number of anilines is 3. The molecule has 4 rings (SSSR count). The molecule has 3 heterocycles. The molecule has 0 radical (unpaired) electrons. The number of carbonyl (C=O) groups is 4. The zero-order chi connectivity index (χ0) is 32.9. The number of nitrogens with zero attached hydrogens (tertiary/aromatic N) is 5. The van der Waals surface area contributed by atoms with Gasteiger partial charge in [-0.15, -0.1) is 0 Å². The summed E-state index contributed by atoms with van der Waals surface area (Å²) in [6.45, 7) is 0.371. The molecule has 1 aromatic carbocycles. The lowest BCUT2D eigenvalue weighted by Gasteiger charge is -2.15. The number of hydrogen-bond acceptors (Lipinski definition) is 15. The number of nitrogens with one attached hydrogen (secondary N) is 4. The molecule has 19 heteroatoms. The van der Waals surface area contributed by atoms with Crippen LogP contribution < -0.4 is 33.0 Å². The lowest BCUT2D eigenvalue weighted by atomic mass is 10.1. The summed E-state index contributed by atoms with van der Waals surface area (Å²) < 4.78 is 4.97.